The lowest BCUT2D eigenvalue weighted by atomic mass is 10.0. The van der Waals surface area contributed by atoms with Crippen LogP contribution in [0, 0.1) is 6.92 Å². The van der Waals surface area contributed by atoms with Crippen LogP contribution in [0.25, 0.3) is 0 Å². The van der Waals surface area contributed by atoms with Crippen LogP contribution in [0.1, 0.15) is 38.5 Å². The van der Waals surface area contributed by atoms with E-state index < -0.39 is 0 Å². The van der Waals surface area contributed by atoms with Crippen molar-refractivity contribution in [2.75, 3.05) is 5.75 Å². The van der Waals surface area contributed by atoms with Crippen LogP contribution in [0.2, 0.25) is 0 Å². The molecule has 0 N–H and O–H groups in total. The predicted octanol–water partition coefficient (Wildman–Crippen LogP) is 3.28. The van der Waals surface area contributed by atoms with Gasteiger partial charge in [-0.2, -0.15) is 11.8 Å². The molecule has 0 unspecified atom stereocenters. The first kappa shape index (κ1) is 8.45. The van der Waals surface area contributed by atoms with E-state index in [2.05, 4.69) is 18.7 Å². The average Bonchev–Trinajstić information content (AvgIpc) is 2.03. The van der Waals surface area contributed by atoms with Crippen LogP contribution in [-0.2, 0) is 0 Å². The first-order chi connectivity index (χ1) is 4.93. The number of rotatable bonds is 3. The van der Waals surface area contributed by atoms with Gasteiger partial charge >= 0.3 is 0 Å². The van der Waals surface area contributed by atoms with E-state index in [0.29, 0.717) is 0 Å². The Kier molecular flexibility index (Phi) is 4.27. The summed E-state index contributed by atoms with van der Waals surface area (Å²) < 4.78 is 0. The molecule has 1 saturated carbocycles. The van der Waals surface area contributed by atoms with E-state index in [1.807, 2.05) is 0 Å². The second kappa shape index (κ2) is 5.06. The predicted molar refractivity (Wildman–Crippen MR) is 49.3 cm³/mol. The minimum Gasteiger partial charge on any atom is -0.159 e. The van der Waals surface area contributed by atoms with Gasteiger partial charge in [-0.05, 0) is 25.0 Å². The Labute approximate surface area is 68.8 Å². The number of thioether (sulfide) groups is 1. The largest absolute Gasteiger partial charge is 0.159 e. The Morgan fingerprint density at radius 1 is 1.20 bits per heavy atom. The van der Waals surface area contributed by atoms with E-state index in [4.69, 9.17) is 0 Å². The highest BCUT2D eigenvalue weighted by Crippen LogP contribution is 2.28. The smallest absolute Gasteiger partial charge is 0.00470 e. The first-order valence-corrected chi connectivity index (χ1v) is 5.39. The van der Waals surface area contributed by atoms with Crippen LogP contribution >= 0.6 is 11.8 Å². The Hall–Kier alpha value is 0.350. The van der Waals surface area contributed by atoms with Gasteiger partial charge in [0, 0.05) is 5.25 Å². The summed E-state index contributed by atoms with van der Waals surface area (Å²) in [6.07, 6.45) is 8.43. The van der Waals surface area contributed by atoms with Gasteiger partial charge in [0.15, 0.2) is 0 Å². The van der Waals surface area contributed by atoms with E-state index in [9.17, 15) is 0 Å². The highest BCUT2D eigenvalue weighted by Gasteiger charge is 2.12. The Bertz CT molecular complexity index is 74.8. The Morgan fingerprint density at radius 2 is 1.90 bits per heavy atom. The second-order valence-electron chi connectivity index (χ2n) is 2.98. The molecule has 1 heteroatoms. The highest BCUT2D eigenvalue weighted by atomic mass is 32.2. The summed E-state index contributed by atoms with van der Waals surface area (Å²) in [4.78, 5) is 0. The van der Waals surface area contributed by atoms with Crippen molar-refractivity contribution < 1.29 is 0 Å². The SMILES string of the molecule is [CH2]CCSC1CCCCC1. The Morgan fingerprint density at radius 3 is 2.50 bits per heavy atom. The normalized spacial score (nSPS) is 21.3. The molecule has 0 bridgehead atoms. The zero-order chi connectivity index (χ0) is 7.23. The molecule has 0 saturated heterocycles. The lowest BCUT2D eigenvalue weighted by Crippen LogP contribution is -2.08. The van der Waals surface area contributed by atoms with Crippen LogP contribution in [0.5, 0.6) is 0 Å². The third-order valence-electron chi connectivity index (χ3n) is 2.05. The summed E-state index contributed by atoms with van der Waals surface area (Å²) in [5, 5.41) is 0.982. The lowest BCUT2D eigenvalue weighted by molar-refractivity contribution is 0.516. The molecule has 0 aliphatic heterocycles. The van der Waals surface area contributed by atoms with Gasteiger partial charge < -0.3 is 0 Å². The van der Waals surface area contributed by atoms with Crippen molar-refractivity contribution in [2.24, 2.45) is 0 Å². The van der Waals surface area contributed by atoms with Gasteiger partial charge in [-0.15, -0.1) is 0 Å². The fourth-order valence-corrected chi connectivity index (χ4v) is 2.65. The van der Waals surface area contributed by atoms with E-state index in [1.165, 1.54) is 37.9 Å². The summed E-state index contributed by atoms with van der Waals surface area (Å²) in [7, 11) is 0. The first-order valence-electron chi connectivity index (χ1n) is 4.34. The van der Waals surface area contributed by atoms with Gasteiger partial charge in [0.05, 0.1) is 0 Å². The zero-order valence-corrected chi connectivity index (χ0v) is 7.46. The minimum absolute atomic E-state index is 0.982. The molecule has 0 amide bonds. The van der Waals surface area contributed by atoms with Crippen molar-refractivity contribution in [1.29, 1.82) is 0 Å². The van der Waals surface area contributed by atoms with Gasteiger partial charge in [-0.3, -0.25) is 0 Å². The molecule has 0 heterocycles. The molecule has 1 rings (SSSR count). The van der Waals surface area contributed by atoms with E-state index >= 15 is 0 Å². The maximum atomic E-state index is 3.85. The molecule has 1 radical (unpaired) electrons. The standard InChI is InChI=1S/C9H17S/c1-2-8-10-9-6-4-3-5-7-9/h9H,1-8H2. The van der Waals surface area contributed by atoms with E-state index in [1.54, 1.807) is 0 Å². The summed E-state index contributed by atoms with van der Waals surface area (Å²) in [6, 6.07) is 0. The second-order valence-corrected chi connectivity index (χ2v) is 4.39. The summed E-state index contributed by atoms with van der Waals surface area (Å²) in [5.41, 5.74) is 0. The van der Waals surface area contributed by atoms with Crippen molar-refractivity contribution in [3.63, 3.8) is 0 Å². The summed E-state index contributed by atoms with van der Waals surface area (Å²) >= 11 is 2.13. The molecule has 0 aromatic rings. The fourth-order valence-electron chi connectivity index (χ4n) is 1.48. The molecular formula is C9H17S. The van der Waals surface area contributed by atoms with Crippen LogP contribution in [0.4, 0.5) is 0 Å². The molecular weight excluding hydrogens is 140 g/mol. The molecule has 0 spiro atoms. The average molecular weight is 157 g/mol. The van der Waals surface area contributed by atoms with Crippen molar-refractivity contribution in [1.82, 2.24) is 0 Å². The van der Waals surface area contributed by atoms with E-state index in [0.717, 1.165) is 11.7 Å². The molecule has 10 heavy (non-hydrogen) atoms. The van der Waals surface area contributed by atoms with Gasteiger partial charge in [0.2, 0.25) is 0 Å². The lowest BCUT2D eigenvalue weighted by Gasteiger charge is -2.20. The van der Waals surface area contributed by atoms with Crippen molar-refractivity contribution in [2.45, 2.75) is 43.8 Å². The molecule has 0 aromatic carbocycles. The van der Waals surface area contributed by atoms with Crippen LogP contribution in [-0.4, -0.2) is 11.0 Å². The monoisotopic (exact) mass is 157 g/mol. The van der Waals surface area contributed by atoms with E-state index in [-0.39, 0.29) is 0 Å². The van der Waals surface area contributed by atoms with Gasteiger partial charge in [0.25, 0.3) is 0 Å². The van der Waals surface area contributed by atoms with Crippen LogP contribution in [0.15, 0.2) is 0 Å². The molecule has 1 aliphatic carbocycles. The molecule has 1 fully saturated rings. The molecule has 0 atom stereocenters. The third-order valence-corrected chi connectivity index (χ3v) is 3.52. The van der Waals surface area contributed by atoms with Crippen LogP contribution < -0.4 is 0 Å². The van der Waals surface area contributed by atoms with Crippen LogP contribution in [0.3, 0.4) is 0 Å². The summed E-state index contributed by atoms with van der Waals surface area (Å²) in [6.45, 7) is 3.85. The molecule has 0 aromatic heterocycles. The molecule has 1 aliphatic rings. The highest BCUT2D eigenvalue weighted by molar-refractivity contribution is 7.99. The fraction of sp³-hybridized carbons (Fsp3) is 0.889. The van der Waals surface area contributed by atoms with Crippen molar-refractivity contribution in [3.8, 4) is 0 Å². The number of hydrogen-bond donors (Lipinski definition) is 0. The topological polar surface area (TPSA) is 0 Å². The van der Waals surface area contributed by atoms with Crippen molar-refractivity contribution in [3.05, 3.63) is 6.92 Å². The summed E-state index contributed by atoms with van der Waals surface area (Å²) in [5.74, 6) is 1.27. The molecule has 59 valence electrons. The maximum absolute atomic E-state index is 3.85. The Balaban J connectivity index is 2.02. The maximum Gasteiger partial charge on any atom is 0.00470 e. The van der Waals surface area contributed by atoms with Crippen molar-refractivity contribution >= 4 is 11.8 Å². The van der Waals surface area contributed by atoms with Gasteiger partial charge in [-0.25, -0.2) is 0 Å². The quantitative estimate of drug-likeness (QED) is 0.606. The number of hydrogen-bond acceptors (Lipinski definition) is 1. The minimum atomic E-state index is 0.982. The zero-order valence-electron chi connectivity index (χ0n) is 6.64. The molecule has 0 nitrogen and oxygen atoms in total. The van der Waals surface area contributed by atoms with Gasteiger partial charge in [0.1, 0.15) is 0 Å². The van der Waals surface area contributed by atoms with Gasteiger partial charge in [-0.1, -0.05) is 26.2 Å². The third kappa shape index (κ3) is 2.96.